The highest BCUT2D eigenvalue weighted by Crippen LogP contribution is 2.20. The van der Waals surface area contributed by atoms with Crippen LogP contribution in [0, 0.1) is 0 Å². The van der Waals surface area contributed by atoms with Gasteiger partial charge in [0.2, 0.25) is 5.91 Å². The Balaban J connectivity index is 1.39. The van der Waals surface area contributed by atoms with Gasteiger partial charge in [0.15, 0.2) is 0 Å². The summed E-state index contributed by atoms with van der Waals surface area (Å²) >= 11 is 5.99. The highest BCUT2D eigenvalue weighted by atomic mass is 35.5. The predicted octanol–water partition coefficient (Wildman–Crippen LogP) is 2.20. The first-order chi connectivity index (χ1) is 13.5. The molecule has 0 spiro atoms. The number of hydrogen-bond acceptors (Lipinski definition) is 4. The van der Waals surface area contributed by atoms with Gasteiger partial charge in [0, 0.05) is 42.2 Å². The molecule has 3 aromatic rings. The van der Waals surface area contributed by atoms with E-state index in [2.05, 4.69) is 10.2 Å². The van der Waals surface area contributed by atoms with Gasteiger partial charge in [-0.25, -0.2) is 0 Å². The molecule has 1 unspecified atom stereocenters. The molecule has 1 fully saturated rings. The molecular formula is C20H20ClN5O2. The van der Waals surface area contributed by atoms with Gasteiger partial charge in [0.1, 0.15) is 6.04 Å². The standard InChI is InChI=1S/C20H20ClN5O2/c21-16-3-1-2-13(11-16)18(22)20(28)26-8-6-25(7-9-26)19(27)14-4-5-17-15(10-14)12-23-24-17/h1-5,10-12,18H,6-9,22H2,(H,23,24). The van der Waals surface area contributed by atoms with E-state index in [1.165, 1.54) is 0 Å². The van der Waals surface area contributed by atoms with Crippen LogP contribution in [0.2, 0.25) is 5.02 Å². The summed E-state index contributed by atoms with van der Waals surface area (Å²) in [6, 6.07) is 11.7. The second-order valence-electron chi connectivity index (χ2n) is 6.82. The lowest BCUT2D eigenvalue weighted by Crippen LogP contribution is -2.52. The third-order valence-electron chi connectivity index (χ3n) is 5.04. The fraction of sp³-hybridized carbons (Fsp3) is 0.250. The lowest BCUT2D eigenvalue weighted by atomic mass is 10.1. The van der Waals surface area contributed by atoms with Gasteiger partial charge >= 0.3 is 0 Å². The molecule has 3 N–H and O–H groups in total. The molecule has 1 aliphatic rings. The van der Waals surface area contributed by atoms with Crippen molar-refractivity contribution in [1.82, 2.24) is 20.0 Å². The van der Waals surface area contributed by atoms with E-state index in [0.29, 0.717) is 42.3 Å². The normalized spacial score (nSPS) is 15.6. The van der Waals surface area contributed by atoms with E-state index in [1.54, 1.807) is 46.3 Å². The van der Waals surface area contributed by atoms with Crippen molar-refractivity contribution in [2.75, 3.05) is 26.2 Å². The van der Waals surface area contributed by atoms with Gasteiger partial charge in [0.25, 0.3) is 5.91 Å². The van der Waals surface area contributed by atoms with E-state index >= 15 is 0 Å². The van der Waals surface area contributed by atoms with Crippen molar-refractivity contribution < 1.29 is 9.59 Å². The number of amides is 2. The second-order valence-corrected chi connectivity index (χ2v) is 7.26. The lowest BCUT2D eigenvalue weighted by Gasteiger charge is -2.36. The number of fused-ring (bicyclic) bond motifs is 1. The minimum atomic E-state index is -0.760. The number of aromatic nitrogens is 2. The van der Waals surface area contributed by atoms with Crippen molar-refractivity contribution >= 4 is 34.3 Å². The van der Waals surface area contributed by atoms with Gasteiger partial charge in [-0.3, -0.25) is 14.7 Å². The maximum absolute atomic E-state index is 12.8. The van der Waals surface area contributed by atoms with Crippen LogP contribution in [-0.4, -0.2) is 58.0 Å². The number of piperazine rings is 1. The molecule has 1 aromatic heterocycles. The maximum atomic E-state index is 12.8. The zero-order chi connectivity index (χ0) is 19.7. The number of benzene rings is 2. The first-order valence-corrected chi connectivity index (χ1v) is 9.43. The Hall–Kier alpha value is -2.90. The second kappa shape index (κ2) is 7.61. The molecule has 1 atom stereocenters. The zero-order valence-electron chi connectivity index (χ0n) is 15.1. The van der Waals surface area contributed by atoms with Gasteiger partial charge in [-0.2, -0.15) is 5.10 Å². The predicted molar refractivity (Wildman–Crippen MR) is 107 cm³/mol. The Morgan fingerprint density at radius 3 is 2.57 bits per heavy atom. The molecule has 4 rings (SSSR count). The first-order valence-electron chi connectivity index (χ1n) is 9.05. The van der Waals surface area contributed by atoms with Crippen LogP contribution in [-0.2, 0) is 4.79 Å². The number of halogens is 1. The Morgan fingerprint density at radius 2 is 1.82 bits per heavy atom. The van der Waals surface area contributed by atoms with Gasteiger partial charge in [-0.15, -0.1) is 0 Å². The Bertz CT molecular complexity index is 1030. The van der Waals surface area contributed by atoms with Crippen LogP contribution in [0.5, 0.6) is 0 Å². The number of rotatable bonds is 3. The number of nitrogens with two attached hydrogens (primary N) is 1. The third-order valence-corrected chi connectivity index (χ3v) is 5.27. The molecule has 2 amide bonds. The molecular weight excluding hydrogens is 378 g/mol. The molecule has 2 aromatic carbocycles. The van der Waals surface area contributed by atoms with Crippen LogP contribution >= 0.6 is 11.6 Å². The molecule has 0 saturated carbocycles. The number of H-pyrrole nitrogens is 1. The number of nitrogens with one attached hydrogen (secondary N) is 1. The topological polar surface area (TPSA) is 95.3 Å². The van der Waals surface area contributed by atoms with Gasteiger partial charge in [-0.1, -0.05) is 23.7 Å². The van der Waals surface area contributed by atoms with E-state index < -0.39 is 6.04 Å². The summed E-state index contributed by atoms with van der Waals surface area (Å²) in [6.07, 6.45) is 1.69. The summed E-state index contributed by atoms with van der Waals surface area (Å²) < 4.78 is 0. The average Bonchev–Trinajstić information content (AvgIpc) is 3.20. The fourth-order valence-corrected chi connectivity index (χ4v) is 3.63. The first kappa shape index (κ1) is 18.5. The van der Waals surface area contributed by atoms with Crippen LogP contribution in [0.3, 0.4) is 0 Å². The summed E-state index contributed by atoms with van der Waals surface area (Å²) in [5, 5.41) is 8.29. The summed E-state index contributed by atoms with van der Waals surface area (Å²) in [6.45, 7) is 1.84. The zero-order valence-corrected chi connectivity index (χ0v) is 15.9. The Morgan fingerprint density at radius 1 is 1.07 bits per heavy atom. The fourth-order valence-electron chi connectivity index (χ4n) is 3.43. The summed E-state index contributed by atoms with van der Waals surface area (Å²) in [7, 11) is 0. The van der Waals surface area contributed by atoms with E-state index in [-0.39, 0.29) is 11.8 Å². The number of carbonyl (C=O) groups is 2. The van der Waals surface area contributed by atoms with Gasteiger partial charge < -0.3 is 15.5 Å². The van der Waals surface area contributed by atoms with Crippen molar-refractivity contribution in [3.8, 4) is 0 Å². The number of nitrogens with zero attached hydrogens (tertiary/aromatic N) is 3. The average molecular weight is 398 g/mol. The SMILES string of the molecule is NC(C(=O)N1CCN(C(=O)c2ccc3[nH]ncc3c2)CC1)c1cccc(Cl)c1. The molecule has 1 aliphatic heterocycles. The van der Waals surface area contributed by atoms with E-state index in [9.17, 15) is 9.59 Å². The van der Waals surface area contributed by atoms with Gasteiger partial charge in [-0.05, 0) is 35.9 Å². The van der Waals surface area contributed by atoms with Crippen LogP contribution in [0.1, 0.15) is 22.0 Å². The van der Waals surface area contributed by atoms with Crippen molar-refractivity contribution in [1.29, 1.82) is 0 Å². The Labute approximate surface area is 167 Å². The van der Waals surface area contributed by atoms with E-state index in [1.807, 2.05) is 12.1 Å². The molecule has 2 heterocycles. The van der Waals surface area contributed by atoms with Gasteiger partial charge in [0.05, 0.1) is 11.7 Å². The summed E-state index contributed by atoms with van der Waals surface area (Å²) in [4.78, 5) is 29.0. The van der Waals surface area contributed by atoms with Crippen LogP contribution in [0.4, 0.5) is 0 Å². The quantitative estimate of drug-likeness (QED) is 0.708. The summed E-state index contributed by atoms with van der Waals surface area (Å²) in [5.41, 5.74) is 8.32. The number of carbonyl (C=O) groups excluding carboxylic acids is 2. The monoisotopic (exact) mass is 397 g/mol. The van der Waals surface area contributed by atoms with Crippen LogP contribution < -0.4 is 5.73 Å². The molecule has 7 nitrogen and oxygen atoms in total. The lowest BCUT2D eigenvalue weighted by molar-refractivity contribution is -0.134. The van der Waals surface area contributed by atoms with Crippen molar-refractivity contribution in [3.63, 3.8) is 0 Å². The van der Waals surface area contributed by atoms with E-state index in [4.69, 9.17) is 17.3 Å². The summed E-state index contributed by atoms with van der Waals surface area (Å²) in [5.74, 6) is -0.205. The van der Waals surface area contributed by atoms with Crippen molar-refractivity contribution in [2.45, 2.75) is 6.04 Å². The maximum Gasteiger partial charge on any atom is 0.253 e. The number of aromatic amines is 1. The largest absolute Gasteiger partial charge is 0.337 e. The Kier molecular flexibility index (Phi) is 5.02. The molecule has 0 bridgehead atoms. The minimum Gasteiger partial charge on any atom is -0.337 e. The van der Waals surface area contributed by atoms with Crippen LogP contribution in [0.15, 0.2) is 48.7 Å². The highest BCUT2D eigenvalue weighted by Gasteiger charge is 2.28. The van der Waals surface area contributed by atoms with E-state index in [0.717, 1.165) is 10.9 Å². The third kappa shape index (κ3) is 3.58. The molecule has 0 radical (unpaired) electrons. The molecule has 144 valence electrons. The molecule has 28 heavy (non-hydrogen) atoms. The number of hydrogen-bond donors (Lipinski definition) is 2. The molecule has 8 heteroatoms. The van der Waals surface area contributed by atoms with Crippen molar-refractivity contribution in [3.05, 3.63) is 64.8 Å². The smallest absolute Gasteiger partial charge is 0.253 e. The van der Waals surface area contributed by atoms with Crippen LogP contribution in [0.25, 0.3) is 10.9 Å². The van der Waals surface area contributed by atoms with Crippen molar-refractivity contribution in [2.24, 2.45) is 5.73 Å². The highest BCUT2D eigenvalue weighted by molar-refractivity contribution is 6.30. The molecule has 1 saturated heterocycles. The minimum absolute atomic E-state index is 0.0469. The molecule has 0 aliphatic carbocycles.